The highest BCUT2D eigenvalue weighted by molar-refractivity contribution is 5.19. The molecule has 2 unspecified atom stereocenters. The van der Waals surface area contributed by atoms with Crippen LogP contribution in [0.1, 0.15) is 71.6 Å². The molecule has 0 spiro atoms. The summed E-state index contributed by atoms with van der Waals surface area (Å²) in [6.07, 6.45) is 13.0. The molecule has 0 aliphatic heterocycles. The standard InChI is InChI=1S/C16H28O/c1-13(2)14-7-6-11-16(17,12-10-14)15-8-4-3-5-9-15/h8,13-14,17H,3-7,9-12H2,1-2H3. The molecule has 2 aliphatic rings. The van der Waals surface area contributed by atoms with Crippen LogP contribution >= 0.6 is 0 Å². The Labute approximate surface area is 106 Å². The summed E-state index contributed by atoms with van der Waals surface area (Å²) in [5.41, 5.74) is 0.928. The van der Waals surface area contributed by atoms with Crippen LogP contribution in [0.5, 0.6) is 0 Å². The van der Waals surface area contributed by atoms with Gasteiger partial charge in [0.2, 0.25) is 0 Å². The van der Waals surface area contributed by atoms with Crippen molar-refractivity contribution in [2.75, 3.05) is 0 Å². The van der Waals surface area contributed by atoms with E-state index in [0.29, 0.717) is 0 Å². The quantitative estimate of drug-likeness (QED) is 0.554. The van der Waals surface area contributed by atoms with Crippen LogP contribution in [0.4, 0.5) is 0 Å². The normalized spacial score (nSPS) is 35.5. The molecular formula is C16H28O. The van der Waals surface area contributed by atoms with Crippen molar-refractivity contribution >= 4 is 0 Å². The Kier molecular flexibility index (Phi) is 4.30. The minimum Gasteiger partial charge on any atom is -0.386 e. The van der Waals surface area contributed by atoms with E-state index in [9.17, 15) is 5.11 Å². The van der Waals surface area contributed by atoms with Gasteiger partial charge < -0.3 is 5.11 Å². The maximum absolute atomic E-state index is 10.9. The Morgan fingerprint density at radius 3 is 2.65 bits per heavy atom. The smallest absolute Gasteiger partial charge is 0.0856 e. The molecule has 0 amide bonds. The van der Waals surface area contributed by atoms with Crippen LogP contribution in [0.3, 0.4) is 0 Å². The lowest BCUT2D eigenvalue weighted by atomic mass is 9.80. The van der Waals surface area contributed by atoms with Gasteiger partial charge in [0.15, 0.2) is 0 Å². The summed E-state index contributed by atoms with van der Waals surface area (Å²) in [6, 6.07) is 0. The van der Waals surface area contributed by atoms with Gasteiger partial charge in [0.05, 0.1) is 5.60 Å². The first-order valence-electron chi connectivity index (χ1n) is 7.54. The first-order chi connectivity index (χ1) is 8.12. The molecule has 0 bridgehead atoms. The third kappa shape index (κ3) is 3.13. The van der Waals surface area contributed by atoms with Gasteiger partial charge in [-0.3, -0.25) is 0 Å². The average molecular weight is 236 g/mol. The van der Waals surface area contributed by atoms with Crippen molar-refractivity contribution in [2.24, 2.45) is 11.8 Å². The van der Waals surface area contributed by atoms with E-state index in [1.54, 1.807) is 0 Å². The zero-order valence-corrected chi connectivity index (χ0v) is 11.5. The first kappa shape index (κ1) is 13.1. The fourth-order valence-corrected chi connectivity index (χ4v) is 3.60. The SMILES string of the molecule is CC(C)C1CCCC(O)(C2=CCCCC2)CC1. The second-order valence-electron chi connectivity index (χ2n) is 6.44. The van der Waals surface area contributed by atoms with Crippen LogP contribution in [0.25, 0.3) is 0 Å². The Hall–Kier alpha value is -0.300. The maximum Gasteiger partial charge on any atom is 0.0856 e. The zero-order chi connectivity index (χ0) is 12.3. The Morgan fingerprint density at radius 2 is 2.00 bits per heavy atom. The summed E-state index contributed by atoms with van der Waals surface area (Å²) in [5.74, 6) is 1.60. The number of hydrogen-bond donors (Lipinski definition) is 1. The van der Waals surface area contributed by atoms with E-state index >= 15 is 0 Å². The highest BCUT2D eigenvalue weighted by Crippen LogP contribution is 2.40. The second kappa shape index (κ2) is 5.56. The third-order valence-corrected chi connectivity index (χ3v) is 4.93. The molecule has 2 aliphatic carbocycles. The highest BCUT2D eigenvalue weighted by atomic mass is 16.3. The van der Waals surface area contributed by atoms with Crippen LogP contribution in [0, 0.1) is 11.8 Å². The predicted molar refractivity (Wildman–Crippen MR) is 72.9 cm³/mol. The first-order valence-corrected chi connectivity index (χ1v) is 7.54. The van der Waals surface area contributed by atoms with E-state index in [4.69, 9.17) is 0 Å². The summed E-state index contributed by atoms with van der Waals surface area (Å²) < 4.78 is 0. The van der Waals surface area contributed by atoms with Crippen molar-refractivity contribution in [3.63, 3.8) is 0 Å². The molecule has 0 radical (unpaired) electrons. The topological polar surface area (TPSA) is 20.2 Å². The summed E-state index contributed by atoms with van der Waals surface area (Å²) in [5, 5.41) is 10.9. The Bertz CT molecular complexity index is 279. The maximum atomic E-state index is 10.9. The minimum absolute atomic E-state index is 0.440. The van der Waals surface area contributed by atoms with E-state index in [1.807, 2.05) is 0 Å². The highest BCUT2D eigenvalue weighted by Gasteiger charge is 2.34. The molecule has 2 atom stereocenters. The molecule has 0 aromatic heterocycles. The van der Waals surface area contributed by atoms with E-state index < -0.39 is 5.60 Å². The lowest BCUT2D eigenvalue weighted by molar-refractivity contribution is 0.0553. The van der Waals surface area contributed by atoms with Crippen molar-refractivity contribution in [3.05, 3.63) is 11.6 Å². The van der Waals surface area contributed by atoms with Crippen LogP contribution < -0.4 is 0 Å². The van der Waals surface area contributed by atoms with Gasteiger partial charge in [-0.25, -0.2) is 0 Å². The molecule has 0 heterocycles. The van der Waals surface area contributed by atoms with E-state index in [0.717, 1.165) is 31.1 Å². The third-order valence-electron chi connectivity index (χ3n) is 4.93. The summed E-state index contributed by atoms with van der Waals surface area (Å²) in [7, 11) is 0. The molecule has 1 fully saturated rings. The molecule has 1 saturated carbocycles. The molecular weight excluding hydrogens is 208 g/mol. The van der Waals surface area contributed by atoms with Gasteiger partial charge in [-0.05, 0) is 68.8 Å². The minimum atomic E-state index is -0.440. The van der Waals surface area contributed by atoms with Crippen molar-refractivity contribution < 1.29 is 5.11 Å². The van der Waals surface area contributed by atoms with Crippen molar-refractivity contribution in [1.29, 1.82) is 0 Å². The fraction of sp³-hybridized carbons (Fsp3) is 0.875. The van der Waals surface area contributed by atoms with Crippen LogP contribution in [0.15, 0.2) is 11.6 Å². The van der Waals surface area contributed by atoms with Gasteiger partial charge in [-0.15, -0.1) is 0 Å². The van der Waals surface area contributed by atoms with Gasteiger partial charge in [0.25, 0.3) is 0 Å². The van der Waals surface area contributed by atoms with E-state index in [2.05, 4.69) is 19.9 Å². The Balaban J connectivity index is 2.03. The Morgan fingerprint density at radius 1 is 1.18 bits per heavy atom. The molecule has 1 nitrogen and oxygen atoms in total. The van der Waals surface area contributed by atoms with Gasteiger partial charge in [-0.2, -0.15) is 0 Å². The fourth-order valence-electron chi connectivity index (χ4n) is 3.60. The van der Waals surface area contributed by atoms with Gasteiger partial charge in [0.1, 0.15) is 0 Å². The predicted octanol–water partition coefficient (Wildman–Crippen LogP) is 4.45. The lowest BCUT2D eigenvalue weighted by Crippen LogP contribution is -2.31. The molecule has 1 heteroatoms. The summed E-state index contributed by atoms with van der Waals surface area (Å²) in [4.78, 5) is 0. The molecule has 98 valence electrons. The molecule has 0 aromatic rings. The summed E-state index contributed by atoms with van der Waals surface area (Å²) in [6.45, 7) is 4.66. The molecule has 17 heavy (non-hydrogen) atoms. The molecule has 0 saturated heterocycles. The molecule has 0 aromatic carbocycles. The van der Waals surface area contributed by atoms with E-state index in [1.165, 1.54) is 44.1 Å². The van der Waals surface area contributed by atoms with Crippen LogP contribution in [-0.4, -0.2) is 10.7 Å². The van der Waals surface area contributed by atoms with Crippen molar-refractivity contribution in [2.45, 2.75) is 77.2 Å². The number of allylic oxidation sites excluding steroid dienone is 1. The van der Waals surface area contributed by atoms with Crippen LogP contribution in [0.2, 0.25) is 0 Å². The van der Waals surface area contributed by atoms with Gasteiger partial charge in [0, 0.05) is 0 Å². The second-order valence-corrected chi connectivity index (χ2v) is 6.44. The molecule has 1 N–H and O–H groups in total. The van der Waals surface area contributed by atoms with Crippen LogP contribution in [-0.2, 0) is 0 Å². The largest absolute Gasteiger partial charge is 0.386 e. The summed E-state index contributed by atoms with van der Waals surface area (Å²) >= 11 is 0. The number of aliphatic hydroxyl groups is 1. The van der Waals surface area contributed by atoms with E-state index in [-0.39, 0.29) is 0 Å². The zero-order valence-electron chi connectivity index (χ0n) is 11.5. The van der Waals surface area contributed by atoms with Gasteiger partial charge >= 0.3 is 0 Å². The van der Waals surface area contributed by atoms with Crippen molar-refractivity contribution in [1.82, 2.24) is 0 Å². The van der Waals surface area contributed by atoms with Gasteiger partial charge in [-0.1, -0.05) is 26.3 Å². The number of rotatable bonds is 2. The average Bonchev–Trinajstić information content (AvgIpc) is 2.54. The molecule has 2 rings (SSSR count). The number of hydrogen-bond acceptors (Lipinski definition) is 1. The van der Waals surface area contributed by atoms with Crippen molar-refractivity contribution in [3.8, 4) is 0 Å². The monoisotopic (exact) mass is 236 g/mol. The lowest BCUT2D eigenvalue weighted by Gasteiger charge is -2.32.